The van der Waals surface area contributed by atoms with Gasteiger partial charge in [0.15, 0.2) is 0 Å². The van der Waals surface area contributed by atoms with Gasteiger partial charge < -0.3 is 15.3 Å². The van der Waals surface area contributed by atoms with Crippen LogP contribution in [0.25, 0.3) is 0 Å². The summed E-state index contributed by atoms with van der Waals surface area (Å²) < 4.78 is 0. The van der Waals surface area contributed by atoms with Crippen molar-refractivity contribution in [3.8, 4) is 0 Å². The van der Waals surface area contributed by atoms with E-state index in [2.05, 4.69) is 10.3 Å². The van der Waals surface area contributed by atoms with Crippen molar-refractivity contribution in [2.24, 2.45) is 10.3 Å². The lowest BCUT2D eigenvalue weighted by Crippen LogP contribution is -2.24. The molecule has 0 aliphatic heterocycles. The molecule has 0 atom stereocenters. The summed E-state index contributed by atoms with van der Waals surface area (Å²) in [5.74, 6) is -1.03. The van der Waals surface area contributed by atoms with E-state index in [1.807, 2.05) is 0 Å². The minimum absolute atomic E-state index is 0.103. The SMILES string of the molecule is O=C(O)c1cccc(N=NN(CCO)CCO)c1. The number of aliphatic hydroxyl groups is 2. The second kappa shape index (κ2) is 7.36. The third-order valence-corrected chi connectivity index (χ3v) is 2.10. The standard InChI is InChI=1S/C11H15N3O4/c15-6-4-14(5-7-16)13-12-10-3-1-2-9(8-10)11(17)18/h1-3,8,15-16H,4-7H2,(H,17,18). The molecule has 0 bridgehead atoms. The topological polar surface area (TPSA) is 106 Å². The fraction of sp³-hybridized carbons (Fsp3) is 0.364. The first kappa shape index (κ1) is 14.1. The molecule has 0 aliphatic rings. The van der Waals surface area contributed by atoms with Crippen LogP contribution in [0.1, 0.15) is 10.4 Å². The highest BCUT2D eigenvalue weighted by molar-refractivity contribution is 5.88. The van der Waals surface area contributed by atoms with Crippen molar-refractivity contribution in [2.45, 2.75) is 0 Å². The first-order valence-corrected chi connectivity index (χ1v) is 5.39. The highest BCUT2D eigenvalue weighted by atomic mass is 16.4. The maximum Gasteiger partial charge on any atom is 0.335 e. The Balaban J connectivity index is 2.75. The summed E-state index contributed by atoms with van der Waals surface area (Å²) in [5, 5.41) is 35.4. The highest BCUT2D eigenvalue weighted by Gasteiger charge is 2.03. The molecule has 0 spiro atoms. The molecule has 18 heavy (non-hydrogen) atoms. The van der Waals surface area contributed by atoms with Gasteiger partial charge in [0.25, 0.3) is 0 Å². The van der Waals surface area contributed by atoms with Gasteiger partial charge in [-0.05, 0) is 18.2 Å². The van der Waals surface area contributed by atoms with Gasteiger partial charge in [-0.2, -0.15) is 0 Å². The monoisotopic (exact) mass is 253 g/mol. The largest absolute Gasteiger partial charge is 0.478 e. The van der Waals surface area contributed by atoms with Crippen LogP contribution in [0.5, 0.6) is 0 Å². The number of carbonyl (C=O) groups is 1. The summed E-state index contributed by atoms with van der Waals surface area (Å²) in [5.41, 5.74) is 0.526. The summed E-state index contributed by atoms with van der Waals surface area (Å²) in [4.78, 5) is 10.7. The Morgan fingerprint density at radius 1 is 1.22 bits per heavy atom. The van der Waals surface area contributed by atoms with E-state index in [0.717, 1.165) is 0 Å². The van der Waals surface area contributed by atoms with Gasteiger partial charge in [-0.1, -0.05) is 11.3 Å². The molecule has 3 N–H and O–H groups in total. The lowest BCUT2D eigenvalue weighted by molar-refractivity contribution is 0.0697. The molecule has 1 rings (SSSR count). The summed E-state index contributed by atoms with van der Waals surface area (Å²) in [6.45, 7) is 0.299. The van der Waals surface area contributed by atoms with Gasteiger partial charge in [-0.3, -0.25) is 5.01 Å². The average Bonchev–Trinajstić information content (AvgIpc) is 2.37. The molecular weight excluding hydrogens is 238 g/mol. The molecule has 0 amide bonds. The molecule has 7 heteroatoms. The fourth-order valence-electron chi connectivity index (χ4n) is 1.25. The number of aromatic carboxylic acids is 1. The quantitative estimate of drug-likeness (QED) is 0.489. The summed E-state index contributed by atoms with van der Waals surface area (Å²) in [6, 6.07) is 6.04. The van der Waals surface area contributed by atoms with Crippen molar-refractivity contribution >= 4 is 11.7 Å². The minimum atomic E-state index is -1.03. The molecule has 0 heterocycles. The van der Waals surface area contributed by atoms with Crippen LogP contribution in [-0.2, 0) is 0 Å². The molecule has 0 aliphatic carbocycles. The van der Waals surface area contributed by atoms with Crippen LogP contribution in [0.4, 0.5) is 5.69 Å². The second-order valence-corrected chi connectivity index (χ2v) is 3.45. The number of carboxylic acids is 1. The molecule has 0 unspecified atom stereocenters. The maximum absolute atomic E-state index is 10.7. The van der Waals surface area contributed by atoms with Crippen molar-refractivity contribution in [3.05, 3.63) is 29.8 Å². The van der Waals surface area contributed by atoms with Gasteiger partial charge in [0.05, 0.1) is 37.6 Å². The molecule has 1 aromatic rings. The van der Waals surface area contributed by atoms with E-state index in [9.17, 15) is 4.79 Å². The van der Waals surface area contributed by atoms with E-state index in [1.54, 1.807) is 12.1 Å². The third-order valence-electron chi connectivity index (χ3n) is 2.10. The second-order valence-electron chi connectivity index (χ2n) is 3.45. The van der Waals surface area contributed by atoms with E-state index < -0.39 is 5.97 Å². The van der Waals surface area contributed by atoms with Crippen molar-refractivity contribution in [1.82, 2.24) is 5.01 Å². The first-order chi connectivity index (χ1) is 8.67. The molecule has 0 saturated heterocycles. The highest BCUT2D eigenvalue weighted by Crippen LogP contribution is 2.15. The van der Waals surface area contributed by atoms with Crippen LogP contribution in [-0.4, -0.2) is 52.6 Å². The molecule has 0 fully saturated rings. The van der Waals surface area contributed by atoms with Gasteiger partial charge >= 0.3 is 5.97 Å². The van der Waals surface area contributed by atoms with Crippen molar-refractivity contribution in [3.63, 3.8) is 0 Å². The summed E-state index contributed by atoms with van der Waals surface area (Å²) in [7, 11) is 0. The van der Waals surface area contributed by atoms with Crippen molar-refractivity contribution in [1.29, 1.82) is 0 Å². The van der Waals surface area contributed by atoms with E-state index in [-0.39, 0.29) is 31.9 Å². The predicted octanol–water partition coefficient (Wildman–Crippen LogP) is 0.670. The van der Waals surface area contributed by atoms with Crippen LogP contribution in [0, 0.1) is 0 Å². The minimum Gasteiger partial charge on any atom is -0.478 e. The zero-order valence-electron chi connectivity index (χ0n) is 9.73. The van der Waals surface area contributed by atoms with Crippen molar-refractivity contribution < 1.29 is 20.1 Å². The lowest BCUT2D eigenvalue weighted by atomic mass is 10.2. The lowest BCUT2D eigenvalue weighted by Gasteiger charge is -2.14. The van der Waals surface area contributed by atoms with Crippen LogP contribution < -0.4 is 0 Å². The zero-order valence-corrected chi connectivity index (χ0v) is 9.73. The Labute approximate surface area is 104 Å². The predicted molar refractivity (Wildman–Crippen MR) is 63.7 cm³/mol. The zero-order chi connectivity index (χ0) is 13.4. The van der Waals surface area contributed by atoms with Crippen LogP contribution in [0.2, 0.25) is 0 Å². The van der Waals surface area contributed by atoms with Gasteiger partial charge in [0, 0.05) is 0 Å². The van der Waals surface area contributed by atoms with E-state index in [1.165, 1.54) is 17.1 Å². The normalized spacial score (nSPS) is 10.8. The summed E-state index contributed by atoms with van der Waals surface area (Å²) >= 11 is 0. The first-order valence-electron chi connectivity index (χ1n) is 5.39. The number of hydrogen-bond donors (Lipinski definition) is 3. The molecule has 0 radical (unpaired) electrons. The number of benzene rings is 1. The van der Waals surface area contributed by atoms with Gasteiger partial charge in [-0.25, -0.2) is 4.79 Å². The molecule has 1 aromatic carbocycles. The maximum atomic E-state index is 10.7. The Bertz CT molecular complexity index is 417. The van der Waals surface area contributed by atoms with E-state index in [4.69, 9.17) is 15.3 Å². The van der Waals surface area contributed by atoms with Crippen LogP contribution in [0.3, 0.4) is 0 Å². The van der Waals surface area contributed by atoms with Gasteiger partial charge in [0.1, 0.15) is 0 Å². The number of aliphatic hydroxyl groups excluding tert-OH is 2. The van der Waals surface area contributed by atoms with Crippen LogP contribution in [0.15, 0.2) is 34.6 Å². The molecule has 0 aromatic heterocycles. The Kier molecular flexibility index (Phi) is 5.75. The number of nitrogens with zero attached hydrogens (tertiary/aromatic N) is 3. The number of hydrogen-bond acceptors (Lipinski definition) is 5. The average molecular weight is 253 g/mol. The molecular formula is C11H15N3O4. The Hall–Kier alpha value is -1.99. The fourth-order valence-corrected chi connectivity index (χ4v) is 1.25. The van der Waals surface area contributed by atoms with Crippen molar-refractivity contribution in [2.75, 3.05) is 26.3 Å². The van der Waals surface area contributed by atoms with E-state index in [0.29, 0.717) is 5.69 Å². The van der Waals surface area contributed by atoms with Gasteiger partial charge in [0.2, 0.25) is 0 Å². The number of rotatable bonds is 7. The molecule has 7 nitrogen and oxygen atoms in total. The van der Waals surface area contributed by atoms with E-state index >= 15 is 0 Å². The summed E-state index contributed by atoms with van der Waals surface area (Å²) in [6.07, 6.45) is 0. The smallest absolute Gasteiger partial charge is 0.335 e. The Morgan fingerprint density at radius 2 is 1.89 bits per heavy atom. The third kappa shape index (κ3) is 4.48. The number of carboxylic acid groups (broad SMARTS) is 1. The molecule has 0 saturated carbocycles. The molecule has 98 valence electrons. The van der Waals surface area contributed by atoms with Gasteiger partial charge in [-0.15, -0.1) is 5.11 Å². The Morgan fingerprint density at radius 3 is 2.44 bits per heavy atom. The van der Waals surface area contributed by atoms with Crippen LogP contribution >= 0.6 is 0 Å².